The van der Waals surface area contributed by atoms with Gasteiger partial charge >= 0.3 is 5.97 Å². The first kappa shape index (κ1) is 11.9. The second-order valence-corrected chi connectivity index (χ2v) is 3.93. The second kappa shape index (κ2) is 4.37. The zero-order valence-corrected chi connectivity index (χ0v) is 9.66. The summed E-state index contributed by atoms with van der Waals surface area (Å²) >= 11 is 0. The van der Waals surface area contributed by atoms with Crippen molar-refractivity contribution in [2.24, 2.45) is 0 Å². The van der Waals surface area contributed by atoms with Crippen LogP contribution in [0, 0.1) is 6.92 Å². The van der Waals surface area contributed by atoms with E-state index in [2.05, 4.69) is 0 Å². The minimum absolute atomic E-state index is 0.0124. The average Bonchev–Trinajstić information content (AvgIpc) is 2.34. The van der Waals surface area contributed by atoms with Crippen molar-refractivity contribution in [3.05, 3.63) is 47.8 Å². The first-order chi connectivity index (χ1) is 8.49. The number of aromatic carboxylic acids is 1. The number of carboxylic acid groups (broad SMARTS) is 1. The summed E-state index contributed by atoms with van der Waals surface area (Å²) in [5.41, 5.74) is 1.11. The Morgan fingerprint density at radius 1 is 1.11 bits per heavy atom. The van der Waals surface area contributed by atoms with Crippen LogP contribution in [-0.4, -0.2) is 21.3 Å². The van der Waals surface area contributed by atoms with Gasteiger partial charge in [-0.1, -0.05) is 0 Å². The lowest BCUT2D eigenvalue weighted by Crippen LogP contribution is -2.29. The molecule has 0 aliphatic rings. The summed E-state index contributed by atoms with van der Waals surface area (Å²) in [7, 11) is 0. The van der Waals surface area contributed by atoms with Crippen molar-refractivity contribution in [3.8, 4) is 17.2 Å². The van der Waals surface area contributed by atoms with Gasteiger partial charge in [-0.3, -0.25) is 0 Å². The Morgan fingerprint density at radius 3 is 2.28 bits per heavy atom. The van der Waals surface area contributed by atoms with Crippen LogP contribution in [0.3, 0.4) is 0 Å². The van der Waals surface area contributed by atoms with E-state index in [-0.39, 0.29) is 17.1 Å². The molecule has 0 aliphatic heterocycles. The van der Waals surface area contributed by atoms with Crippen LogP contribution in [0.1, 0.15) is 15.9 Å². The minimum Gasteiger partial charge on any atom is -0.507 e. The summed E-state index contributed by atoms with van der Waals surface area (Å²) in [6, 6.07) is 5.70. The molecule has 0 radical (unpaired) electrons. The topological polar surface area (TPSA) is 81.6 Å². The minimum atomic E-state index is -1.02. The Morgan fingerprint density at radius 2 is 1.72 bits per heavy atom. The van der Waals surface area contributed by atoms with E-state index in [0.717, 1.165) is 0 Å². The molecule has 0 atom stereocenters. The van der Waals surface area contributed by atoms with Crippen LogP contribution in [0.4, 0.5) is 0 Å². The van der Waals surface area contributed by atoms with Crippen molar-refractivity contribution < 1.29 is 24.7 Å². The number of benzene rings is 1. The highest BCUT2D eigenvalue weighted by Crippen LogP contribution is 2.26. The van der Waals surface area contributed by atoms with Gasteiger partial charge < -0.3 is 15.3 Å². The Bertz CT molecular complexity index is 605. The summed E-state index contributed by atoms with van der Waals surface area (Å²) in [4.78, 5) is 10.7. The van der Waals surface area contributed by atoms with Gasteiger partial charge in [0.1, 0.15) is 5.75 Å². The standard InChI is InChI=1S/C13H11NO4/c1-8-6-12(16)10(7-11(8)15)14-4-2-9(3-5-14)13(17)18/h2-7H,1H3,(H2-,15,16,17,18)/p+1. The fourth-order valence-corrected chi connectivity index (χ4v) is 1.61. The molecule has 92 valence electrons. The molecule has 2 aromatic rings. The molecule has 1 aromatic carbocycles. The zero-order chi connectivity index (χ0) is 13.3. The van der Waals surface area contributed by atoms with Gasteiger partial charge in [-0.2, -0.15) is 4.57 Å². The maximum absolute atomic E-state index is 10.7. The van der Waals surface area contributed by atoms with Crippen molar-refractivity contribution in [1.82, 2.24) is 0 Å². The van der Waals surface area contributed by atoms with E-state index >= 15 is 0 Å². The monoisotopic (exact) mass is 246 g/mol. The average molecular weight is 246 g/mol. The molecule has 18 heavy (non-hydrogen) atoms. The molecule has 0 saturated carbocycles. The largest absolute Gasteiger partial charge is 0.507 e. The summed E-state index contributed by atoms with van der Waals surface area (Å²) in [6.45, 7) is 1.68. The van der Waals surface area contributed by atoms with E-state index < -0.39 is 5.97 Å². The van der Waals surface area contributed by atoms with Gasteiger partial charge in [-0.15, -0.1) is 0 Å². The molecule has 0 amide bonds. The smallest absolute Gasteiger partial charge is 0.336 e. The molecule has 1 heterocycles. The third kappa shape index (κ3) is 2.10. The molecular formula is C13H12NO4+. The number of aromatic hydroxyl groups is 2. The Balaban J connectivity index is 2.49. The lowest BCUT2D eigenvalue weighted by Gasteiger charge is -2.03. The van der Waals surface area contributed by atoms with E-state index in [4.69, 9.17) is 5.11 Å². The predicted molar refractivity (Wildman–Crippen MR) is 63.0 cm³/mol. The quantitative estimate of drug-likeness (QED) is 0.552. The zero-order valence-electron chi connectivity index (χ0n) is 9.66. The van der Waals surface area contributed by atoms with Gasteiger partial charge in [0.05, 0.1) is 11.6 Å². The van der Waals surface area contributed by atoms with Crippen LogP contribution in [0.15, 0.2) is 36.7 Å². The van der Waals surface area contributed by atoms with Gasteiger partial charge in [-0.25, -0.2) is 4.79 Å². The van der Waals surface area contributed by atoms with Crippen molar-refractivity contribution in [2.45, 2.75) is 6.92 Å². The summed E-state index contributed by atoms with van der Waals surface area (Å²) in [5, 5.41) is 28.2. The highest BCUT2D eigenvalue weighted by atomic mass is 16.4. The molecule has 0 fully saturated rings. The lowest BCUT2D eigenvalue weighted by molar-refractivity contribution is -0.596. The molecular weight excluding hydrogens is 234 g/mol. The molecule has 5 heteroatoms. The molecule has 0 bridgehead atoms. The number of rotatable bonds is 2. The van der Waals surface area contributed by atoms with E-state index in [9.17, 15) is 15.0 Å². The molecule has 0 spiro atoms. The fraction of sp³-hybridized carbons (Fsp3) is 0.0769. The fourth-order valence-electron chi connectivity index (χ4n) is 1.61. The number of pyridine rings is 1. The molecule has 1 aromatic heterocycles. The second-order valence-electron chi connectivity index (χ2n) is 3.93. The van der Waals surface area contributed by atoms with Crippen LogP contribution < -0.4 is 4.57 Å². The highest BCUT2D eigenvalue weighted by molar-refractivity contribution is 5.87. The molecule has 0 saturated heterocycles. The number of aromatic nitrogens is 1. The van der Waals surface area contributed by atoms with Crippen molar-refractivity contribution in [2.75, 3.05) is 0 Å². The first-order valence-electron chi connectivity index (χ1n) is 5.26. The van der Waals surface area contributed by atoms with Crippen LogP contribution in [-0.2, 0) is 0 Å². The number of carbonyl (C=O) groups is 1. The third-order valence-corrected chi connectivity index (χ3v) is 2.65. The summed E-state index contributed by atoms with van der Waals surface area (Å²) < 4.78 is 1.53. The number of nitrogens with zero attached hydrogens (tertiary/aromatic N) is 1. The van der Waals surface area contributed by atoms with E-state index in [1.165, 1.54) is 41.2 Å². The lowest BCUT2D eigenvalue weighted by atomic mass is 10.1. The Hall–Kier alpha value is -2.56. The molecule has 0 unspecified atom stereocenters. The summed E-state index contributed by atoms with van der Waals surface area (Å²) in [5.74, 6) is -0.936. The Kier molecular flexibility index (Phi) is 2.89. The van der Waals surface area contributed by atoms with Crippen molar-refractivity contribution in [1.29, 1.82) is 0 Å². The van der Waals surface area contributed by atoms with Gasteiger partial charge in [-0.05, 0) is 18.6 Å². The number of phenolic OH excluding ortho intramolecular Hbond substituents is 2. The van der Waals surface area contributed by atoms with Gasteiger partial charge in [0.25, 0.3) is 5.69 Å². The maximum Gasteiger partial charge on any atom is 0.336 e. The number of hydrogen-bond acceptors (Lipinski definition) is 3. The van der Waals surface area contributed by atoms with Crippen LogP contribution in [0.25, 0.3) is 5.69 Å². The first-order valence-corrected chi connectivity index (χ1v) is 5.26. The normalized spacial score (nSPS) is 10.3. The summed E-state index contributed by atoms with van der Waals surface area (Å²) in [6.07, 6.45) is 3.01. The highest BCUT2D eigenvalue weighted by Gasteiger charge is 2.15. The van der Waals surface area contributed by atoms with Crippen molar-refractivity contribution in [3.63, 3.8) is 0 Å². The predicted octanol–water partition coefficient (Wildman–Crippen LogP) is 1.38. The number of phenols is 2. The molecule has 0 aliphatic carbocycles. The van der Waals surface area contributed by atoms with Gasteiger partial charge in [0.2, 0.25) is 0 Å². The van der Waals surface area contributed by atoms with E-state index in [1.54, 1.807) is 6.92 Å². The van der Waals surface area contributed by atoms with E-state index in [1.807, 2.05) is 0 Å². The third-order valence-electron chi connectivity index (χ3n) is 2.65. The number of hydrogen-bond donors (Lipinski definition) is 3. The van der Waals surface area contributed by atoms with E-state index in [0.29, 0.717) is 11.3 Å². The molecule has 3 N–H and O–H groups in total. The van der Waals surface area contributed by atoms with Crippen LogP contribution >= 0.6 is 0 Å². The van der Waals surface area contributed by atoms with Gasteiger partial charge in [0.15, 0.2) is 18.1 Å². The van der Waals surface area contributed by atoms with Gasteiger partial charge in [0, 0.05) is 12.1 Å². The van der Waals surface area contributed by atoms with Crippen LogP contribution in [0.2, 0.25) is 0 Å². The molecule has 5 nitrogen and oxygen atoms in total. The SMILES string of the molecule is Cc1cc(O)c(-[n+]2ccc(C(=O)O)cc2)cc1O. The maximum atomic E-state index is 10.7. The number of aryl methyl sites for hydroxylation is 1. The van der Waals surface area contributed by atoms with Crippen molar-refractivity contribution >= 4 is 5.97 Å². The Labute approximate surface area is 103 Å². The molecule has 2 rings (SSSR count). The van der Waals surface area contributed by atoms with Crippen LogP contribution in [0.5, 0.6) is 11.5 Å². The number of carboxylic acids is 1.